The molecule has 0 aliphatic carbocycles. The molecule has 2 rings (SSSR count). The number of hydrogen-bond acceptors (Lipinski definition) is 4. The monoisotopic (exact) mass is 324 g/mol. The summed E-state index contributed by atoms with van der Waals surface area (Å²) in [6, 6.07) is 1.48. The van der Waals surface area contributed by atoms with Gasteiger partial charge in [0.05, 0.1) is 25.3 Å². The van der Waals surface area contributed by atoms with Gasteiger partial charge in [0.1, 0.15) is 0 Å². The maximum absolute atomic E-state index is 12.0. The zero-order chi connectivity index (χ0) is 13.0. The van der Waals surface area contributed by atoms with Crippen LogP contribution in [0.4, 0.5) is 0 Å². The first-order chi connectivity index (χ1) is 8.70. The summed E-state index contributed by atoms with van der Waals surface area (Å²) in [7, 11) is 0. The van der Waals surface area contributed by atoms with E-state index in [0.29, 0.717) is 32.7 Å². The van der Waals surface area contributed by atoms with Crippen LogP contribution in [0.25, 0.3) is 0 Å². The molecule has 1 aromatic heterocycles. The third kappa shape index (κ3) is 4.94. The molecule has 2 N–H and O–H groups in total. The van der Waals surface area contributed by atoms with E-state index in [4.69, 9.17) is 10.5 Å². The second kappa shape index (κ2) is 9.18. The molecule has 1 unspecified atom stereocenters. The van der Waals surface area contributed by atoms with Crippen LogP contribution in [-0.2, 0) is 16.1 Å². The Labute approximate surface area is 131 Å². The van der Waals surface area contributed by atoms with Crippen molar-refractivity contribution in [2.45, 2.75) is 32.0 Å². The second-order valence-electron chi connectivity index (χ2n) is 4.52. The third-order valence-electron chi connectivity index (χ3n) is 3.16. The Morgan fingerprint density at radius 1 is 1.55 bits per heavy atom. The minimum Gasteiger partial charge on any atom is -0.373 e. The Bertz CT molecular complexity index is 389. The number of ether oxygens (including phenoxy) is 1. The molecule has 8 heteroatoms. The smallest absolute Gasteiger partial charge is 0.239 e. The molecular formula is C12H22Cl2N4O2. The van der Waals surface area contributed by atoms with Crippen molar-refractivity contribution in [3.63, 3.8) is 0 Å². The van der Waals surface area contributed by atoms with Gasteiger partial charge in [-0.1, -0.05) is 6.92 Å². The number of halogens is 2. The number of amides is 1. The summed E-state index contributed by atoms with van der Waals surface area (Å²) < 4.78 is 7.47. The van der Waals surface area contributed by atoms with Gasteiger partial charge in [-0.3, -0.25) is 9.48 Å². The quantitative estimate of drug-likeness (QED) is 0.884. The largest absolute Gasteiger partial charge is 0.373 e. The number of aromatic nitrogens is 2. The van der Waals surface area contributed by atoms with Crippen molar-refractivity contribution in [1.82, 2.24) is 14.7 Å². The lowest BCUT2D eigenvalue weighted by Gasteiger charge is -2.34. The average molecular weight is 325 g/mol. The van der Waals surface area contributed by atoms with E-state index in [2.05, 4.69) is 5.10 Å². The van der Waals surface area contributed by atoms with Gasteiger partial charge in [-0.05, 0) is 12.5 Å². The van der Waals surface area contributed by atoms with Crippen LogP contribution >= 0.6 is 24.8 Å². The van der Waals surface area contributed by atoms with E-state index in [1.165, 1.54) is 0 Å². The van der Waals surface area contributed by atoms with Gasteiger partial charge in [0, 0.05) is 25.5 Å². The molecule has 1 fully saturated rings. The van der Waals surface area contributed by atoms with Gasteiger partial charge < -0.3 is 15.4 Å². The summed E-state index contributed by atoms with van der Waals surface area (Å²) in [4.78, 5) is 13.8. The van der Waals surface area contributed by atoms with Gasteiger partial charge in [-0.15, -0.1) is 24.8 Å². The minimum atomic E-state index is -0.395. The zero-order valence-electron chi connectivity index (χ0n) is 11.5. The van der Waals surface area contributed by atoms with Gasteiger partial charge in [0.15, 0.2) is 0 Å². The molecule has 1 aliphatic heterocycles. The maximum atomic E-state index is 12.0. The first-order valence-corrected chi connectivity index (χ1v) is 6.34. The van der Waals surface area contributed by atoms with E-state index in [-0.39, 0.29) is 36.8 Å². The van der Waals surface area contributed by atoms with Crippen LogP contribution in [0, 0.1) is 0 Å². The number of nitrogens with zero attached hydrogens (tertiary/aromatic N) is 3. The van der Waals surface area contributed by atoms with Crippen LogP contribution in [-0.4, -0.2) is 52.4 Å². The molecule has 0 bridgehead atoms. The number of morpholine rings is 1. The minimum absolute atomic E-state index is 0. The lowest BCUT2D eigenvalue weighted by Crippen LogP contribution is -2.52. The molecule has 116 valence electrons. The van der Waals surface area contributed by atoms with Crippen LogP contribution in [0.3, 0.4) is 0 Å². The first kappa shape index (κ1) is 19.2. The van der Waals surface area contributed by atoms with E-state index in [1.807, 2.05) is 23.9 Å². The molecule has 0 aromatic carbocycles. The molecule has 2 atom stereocenters. The Kier molecular flexibility index (Phi) is 8.80. The second-order valence-corrected chi connectivity index (χ2v) is 4.52. The lowest BCUT2D eigenvalue weighted by molar-refractivity contribution is -0.140. The van der Waals surface area contributed by atoms with Crippen LogP contribution in [0.15, 0.2) is 18.5 Å². The predicted molar refractivity (Wildman–Crippen MR) is 81.3 cm³/mol. The molecule has 6 nitrogen and oxygen atoms in total. The molecule has 1 amide bonds. The molecule has 0 saturated carbocycles. The number of carbonyl (C=O) groups excluding carboxylic acids is 1. The van der Waals surface area contributed by atoms with E-state index in [9.17, 15) is 4.79 Å². The highest BCUT2D eigenvalue weighted by Crippen LogP contribution is 2.09. The molecule has 1 aliphatic rings. The van der Waals surface area contributed by atoms with Gasteiger partial charge in [-0.25, -0.2) is 0 Å². The number of hydrogen-bond donors (Lipinski definition) is 1. The lowest BCUT2D eigenvalue weighted by atomic mass is 10.2. The van der Waals surface area contributed by atoms with Crippen molar-refractivity contribution in [3.05, 3.63) is 18.5 Å². The van der Waals surface area contributed by atoms with Crippen molar-refractivity contribution in [2.24, 2.45) is 5.73 Å². The molecule has 1 saturated heterocycles. The Hall–Kier alpha value is -0.820. The maximum Gasteiger partial charge on any atom is 0.239 e. The van der Waals surface area contributed by atoms with Gasteiger partial charge in [0.2, 0.25) is 5.91 Å². The molecule has 0 spiro atoms. The zero-order valence-corrected chi connectivity index (χ0v) is 13.1. The van der Waals surface area contributed by atoms with E-state index < -0.39 is 6.04 Å². The SMILES string of the molecule is CC[C@H](N)C(=O)N1CCOC(Cn2cccn2)C1.Cl.Cl. The Balaban J connectivity index is 0.00000180. The third-order valence-corrected chi connectivity index (χ3v) is 3.16. The van der Waals surface area contributed by atoms with E-state index >= 15 is 0 Å². The molecular weight excluding hydrogens is 303 g/mol. The molecule has 0 radical (unpaired) electrons. The van der Waals surface area contributed by atoms with Crippen molar-refractivity contribution in [3.8, 4) is 0 Å². The summed E-state index contributed by atoms with van der Waals surface area (Å²) in [6.45, 7) is 4.37. The van der Waals surface area contributed by atoms with Gasteiger partial charge in [-0.2, -0.15) is 5.10 Å². The fraction of sp³-hybridized carbons (Fsp3) is 0.667. The highest BCUT2D eigenvalue weighted by molar-refractivity contribution is 5.85. The fourth-order valence-corrected chi connectivity index (χ4v) is 2.06. The Morgan fingerprint density at radius 2 is 2.30 bits per heavy atom. The highest BCUT2D eigenvalue weighted by atomic mass is 35.5. The van der Waals surface area contributed by atoms with Crippen LogP contribution in [0.5, 0.6) is 0 Å². The van der Waals surface area contributed by atoms with Crippen molar-refractivity contribution >= 4 is 30.7 Å². The summed E-state index contributed by atoms with van der Waals surface area (Å²) in [5.74, 6) is 0.0197. The van der Waals surface area contributed by atoms with Crippen molar-refractivity contribution in [1.29, 1.82) is 0 Å². The molecule has 1 aromatic rings. The van der Waals surface area contributed by atoms with Crippen molar-refractivity contribution in [2.75, 3.05) is 19.7 Å². The van der Waals surface area contributed by atoms with Crippen molar-refractivity contribution < 1.29 is 9.53 Å². The highest BCUT2D eigenvalue weighted by Gasteiger charge is 2.27. The standard InChI is InChI=1S/C12H20N4O2.2ClH/c1-2-11(13)12(17)15-6-7-18-10(8-15)9-16-5-3-4-14-16;;/h3-5,10-11H,2,6-9,13H2,1H3;2*1H/t10?,11-;;/m0../s1. The van der Waals surface area contributed by atoms with Crippen LogP contribution in [0.2, 0.25) is 0 Å². The summed E-state index contributed by atoms with van der Waals surface area (Å²) in [6.07, 6.45) is 4.28. The topological polar surface area (TPSA) is 73.4 Å². The van der Waals surface area contributed by atoms with Crippen LogP contribution < -0.4 is 5.73 Å². The normalized spacial score (nSPS) is 19.7. The molecule has 2 heterocycles. The fourth-order valence-electron chi connectivity index (χ4n) is 2.06. The van der Waals surface area contributed by atoms with Gasteiger partial charge in [0.25, 0.3) is 0 Å². The first-order valence-electron chi connectivity index (χ1n) is 6.34. The van der Waals surface area contributed by atoms with E-state index in [0.717, 1.165) is 0 Å². The summed E-state index contributed by atoms with van der Waals surface area (Å²) in [5.41, 5.74) is 5.78. The van der Waals surface area contributed by atoms with Crippen LogP contribution in [0.1, 0.15) is 13.3 Å². The number of carbonyl (C=O) groups is 1. The Morgan fingerprint density at radius 3 is 2.90 bits per heavy atom. The van der Waals surface area contributed by atoms with Gasteiger partial charge >= 0.3 is 0 Å². The number of nitrogens with two attached hydrogens (primary N) is 1. The number of rotatable bonds is 4. The summed E-state index contributed by atoms with van der Waals surface area (Å²) in [5, 5.41) is 4.14. The average Bonchev–Trinajstić information content (AvgIpc) is 2.90. The summed E-state index contributed by atoms with van der Waals surface area (Å²) >= 11 is 0. The predicted octanol–water partition coefficient (Wildman–Crippen LogP) is 0.691. The van der Waals surface area contributed by atoms with E-state index in [1.54, 1.807) is 11.1 Å². The molecule has 20 heavy (non-hydrogen) atoms.